The zero-order valence-corrected chi connectivity index (χ0v) is 23.5. The van der Waals surface area contributed by atoms with Crippen LogP contribution in [0.25, 0.3) is 11.3 Å². The zero-order valence-electron chi connectivity index (χ0n) is 21.1. The third kappa shape index (κ3) is 4.09. The molecule has 0 saturated heterocycles. The number of ether oxygens (including phenoxy) is 1. The number of thiazole rings is 1. The van der Waals surface area contributed by atoms with Gasteiger partial charge >= 0.3 is 5.97 Å². The molecule has 7 nitrogen and oxygen atoms in total. The van der Waals surface area contributed by atoms with Crippen molar-refractivity contribution in [3.8, 4) is 0 Å². The van der Waals surface area contributed by atoms with Gasteiger partial charge < -0.3 is 9.64 Å². The first kappa shape index (κ1) is 25.2. The molecule has 9 heteroatoms. The van der Waals surface area contributed by atoms with Crippen molar-refractivity contribution in [1.29, 1.82) is 0 Å². The molecular formula is C30H22BrN3O4S. The van der Waals surface area contributed by atoms with Gasteiger partial charge in [-0.1, -0.05) is 87.9 Å². The van der Waals surface area contributed by atoms with Gasteiger partial charge in [0.1, 0.15) is 4.53 Å². The first-order chi connectivity index (χ1) is 18.9. The molecule has 194 valence electrons. The van der Waals surface area contributed by atoms with E-state index >= 15 is 0 Å². The number of benzene rings is 3. The molecule has 0 bridgehead atoms. The molecule has 0 radical (unpaired) electrons. The summed E-state index contributed by atoms with van der Waals surface area (Å²) >= 11 is 4.65. The second-order valence-electron chi connectivity index (χ2n) is 9.06. The lowest BCUT2D eigenvalue weighted by atomic mass is 9.93. The van der Waals surface area contributed by atoms with Crippen molar-refractivity contribution in [2.75, 3.05) is 18.6 Å². The normalized spacial score (nSPS) is 17.6. The summed E-state index contributed by atoms with van der Waals surface area (Å²) in [5.41, 5.74) is 3.52. The lowest BCUT2D eigenvalue weighted by Gasteiger charge is -2.25. The van der Waals surface area contributed by atoms with Crippen LogP contribution in [-0.2, 0) is 14.3 Å². The summed E-state index contributed by atoms with van der Waals surface area (Å²) in [6.45, 7) is 1.92. The third-order valence-corrected chi connectivity index (χ3v) is 8.35. The molecular weight excluding hydrogens is 578 g/mol. The lowest BCUT2D eigenvalue weighted by Crippen LogP contribution is -2.40. The minimum Gasteiger partial charge on any atom is -0.463 e. The predicted molar refractivity (Wildman–Crippen MR) is 154 cm³/mol. The summed E-state index contributed by atoms with van der Waals surface area (Å²) in [7, 11) is 1.69. The van der Waals surface area contributed by atoms with Crippen LogP contribution in [0.5, 0.6) is 0 Å². The first-order valence-electron chi connectivity index (χ1n) is 12.3. The van der Waals surface area contributed by atoms with Crippen molar-refractivity contribution in [3.63, 3.8) is 0 Å². The van der Waals surface area contributed by atoms with Crippen molar-refractivity contribution < 1.29 is 14.3 Å². The number of halogens is 1. The van der Waals surface area contributed by atoms with E-state index in [1.54, 1.807) is 18.9 Å². The molecule has 4 aromatic rings. The first-order valence-corrected chi connectivity index (χ1v) is 14.0. The lowest BCUT2D eigenvalue weighted by molar-refractivity contribution is -0.138. The van der Waals surface area contributed by atoms with E-state index in [0.717, 1.165) is 32.6 Å². The molecule has 0 unspecified atom stereocenters. The molecule has 0 N–H and O–H groups in total. The van der Waals surface area contributed by atoms with E-state index in [1.165, 1.54) is 4.57 Å². The Kier molecular flexibility index (Phi) is 6.40. The van der Waals surface area contributed by atoms with Crippen LogP contribution in [0.1, 0.15) is 29.7 Å². The topological polar surface area (TPSA) is 81.0 Å². The summed E-state index contributed by atoms with van der Waals surface area (Å²) in [6, 6.07) is 23.5. The second-order valence-corrected chi connectivity index (χ2v) is 11.0. The number of hydrogen-bond donors (Lipinski definition) is 0. The summed E-state index contributed by atoms with van der Waals surface area (Å²) < 4.78 is 8.09. The Morgan fingerprint density at radius 2 is 1.72 bits per heavy atom. The maximum Gasteiger partial charge on any atom is 0.338 e. The van der Waals surface area contributed by atoms with Crippen molar-refractivity contribution in [2.45, 2.75) is 13.0 Å². The molecule has 1 amide bonds. The third-order valence-electron chi connectivity index (χ3n) is 6.80. The van der Waals surface area contributed by atoms with E-state index in [-0.39, 0.29) is 28.2 Å². The van der Waals surface area contributed by atoms with Crippen LogP contribution in [-0.4, -0.2) is 30.1 Å². The van der Waals surface area contributed by atoms with Gasteiger partial charge in [0.2, 0.25) is 0 Å². The standard InChI is InChI=1S/C30H22BrN3O4S/c1-3-38-29(37)23-24(17-10-6-4-7-11-17)32-30-34(25(23)18-12-8-5-9-13-18)28(36)26(39-30)22-20-16-19(31)14-15-21(20)33(2)27(22)35/h4-16,25H,3H2,1-2H3/b26-22-/t25-/m0/s1. The second kappa shape index (κ2) is 9.91. The number of hydrogen-bond acceptors (Lipinski definition) is 6. The quantitative estimate of drug-likeness (QED) is 0.332. The number of carbonyl (C=O) groups excluding carboxylic acids is 2. The van der Waals surface area contributed by atoms with Gasteiger partial charge in [-0.05, 0) is 30.7 Å². The Morgan fingerprint density at radius 3 is 2.41 bits per heavy atom. The molecule has 0 aliphatic carbocycles. The van der Waals surface area contributed by atoms with Gasteiger partial charge in [0.25, 0.3) is 11.5 Å². The number of esters is 1. The fourth-order valence-electron chi connectivity index (χ4n) is 5.05. The minimum absolute atomic E-state index is 0.174. The number of fused-ring (bicyclic) bond motifs is 2. The summed E-state index contributed by atoms with van der Waals surface area (Å²) in [4.78, 5) is 48.0. The van der Waals surface area contributed by atoms with Crippen LogP contribution in [0.3, 0.4) is 0 Å². The molecule has 0 saturated carbocycles. The maximum atomic E-state index is 14.2. The summed E-state index contributed by atoms with van der Waals surface area (Å²) in [5.74, 6) is -0.810. The zero-order chi connectivity index (χ0) is 27.3. The van der Waals surface area contributed by atoms with E-state index in [1.807, 2.05) is 78.9 Å². The molecule has 1 aromatic heterocycles. The Balaban J connectivity index is 1.73. The molecule has 2 aliphatic heterocycles. The van der Waals surface area contributed by atoms with E-state index in [0.29, 0.717) is 21.6 Å². The average molecular weight is 600 g/mol. The highest BCUT2D eigenvalue weighted by molar-refractivity contribution is 9.10. The van der Waals surface area contributed by atoms with Crippen LogP contribution in [0.15, 0.2) is 98.7 Å². The molecule has 2 aliphatic rings. The number of nitrogens with zero attached hydrogens (tertiary/aromatic N) is 3. The molecule has 0 fully saturated rings. The highest BCUT2D eigenvalue weighted by Crippen LogP contribution is 2.37. The monoisotopic (exact) mass is 599 g/mol. The molecule has 0 spiro atoms. The van der Waals surface area contributed by atoms with Gasteiger partial charge in [0.05, 0.1) is 35.2 Å². The van der Waals surface area contributed by atoms with E-state index in [2.05, 4.69) is 15.9 Å². The van der Waals surface area contributed by atoms with Crippen molar-refractivity contribution in [2.24, 2.45) is 4.99 Å². The Labute approximate surface area is 236 Å². The van der Waals surface area contributed by atoms with Gasteiger partial charge in [-0.25, -0.2) is 9.79 Å². The molecule has 39 heavy (non-hydrogen) atoms. The SMILES string of the molecule is CCOC(=O)C1=C(c2ccccc2)N=c2s/c(=C3\C(=O)N(C)c4ccc(Br)cc43)c(=O)n2[C@H]1c1ccccc1. The van der Waals surface area contributed by atoms with E-state index < -0.39 is 12.0 Å². The van der Waals surface area contributed by atoms with Crippen molar-refractivity contribution >= 4 is 56.1 Å². The van der Waals surface area contributed by atoms with Crippen LogP contribution in [0, 0.1) is 0 Å². The average Bonchev–Trinajstić information content (AvgIpc) is 3.40. The van der Waals surface area contributed by atoms with Crippen molar-refractivity contribution in [3.05, 3.63) is 125 Å². The Bertz CT molecular complexity index is 1860. The van der Waals surface area contributed by atoms with Crippen molar-refractivity contribution in [1.82, 2.24) is 4.57 Å². The number of likely N-dealkylation sites (N-methyl/N-ethyl adjacent to an activating group) is 1. The minimum atomic E-state index is -0.790. The summed E-state index contributed by atoms with van der Waals surface area (Å²) in [5, 5.41) is 0. The van der Waals surface area contributed by atoms with Crippen LogP contribution in [0.4, 0.5) is 5.69 Å². The van der Waals surface area contributed by atoms with Crippen LogP contribution < -0.4 is 19.8 Å². The molecule has 6 rings (SSSR count). The highest BCUT2D eigenvalue weighted by Gasteiger charge is 2.37. The van der Waals surface area contributed by atoms with Gasteiger partial charge in [-0.2, -0.15) is 0 Å². The predicted octanol–water partition coefficient (Wildman–Crippen LogP) is 4.04. The van der Waals surface area contributed by atoms with E-state index in [4.69, 9.17) is 9.73 Å². The summed E-state index contributed by atoms with van der Waals surface area (Å²) in [6.07, 6.45) is 0. The van der Waals surface area contributed by atoms with Crippen LogP contribution >= 0.6 is 27.3 Å². The van der Waals surface area contributed by atoms with Gasteiger partial charge in [-0.3, -0.25) is 14.2 Å². The molecule has 3 aromatic carbocycles. The molecule has 3 heterocycles. The van der Waals surface area contributed by atoms with E-state index in [9.17, 15) is 14.4 Å². The fraction of sp³-hybridized carbons (Fsp3) is 0.133. The molecule has 1 atom stereocenters. The number of amides is 1. The largest absolute Gasteiger partial charge is 0.463 e. The number of rotatable bonds is 4. The fourth-order valence-corrected chi connectivity index (χ4v) is 6.51. The van der Waals surface area contributed by atoms with Gasteiger partial charge in [0, 0.05) is 22.6 Å². The Hall–Kier alpha value is -4.08. The maximum absolute atomic E-state index is 14.2. The Morgan fingerprint density at radius 1 is 1.03 bits per heavy atom. The number of anilines is 1. The van der Waals surface area contributed by atoms with Gasteiger partial charge in [-0.15, -0.1) is 0 Å². The number of aromatic nitrogens is 1. The number of carbonyl (C=O) groups is 2. The van der Waals surface area contributed by atoms with Crippen LogP contribution in [0.2, 0.25) is 0 Å². The van der Waals surface area contributed by atoms with Gasteiger partial charge in [0.15, 0.2) is 4.80 Å². The smallest absolute Gasteiger partial charge is 0.338 e. The highest BCUT2D eigenvalue weighted by atomic mass is 79.9.